The van der Waals surface area contributed by atoms with E-state index in [0.29, 0.717) is 0 Å². The van der Waals surface area contributed by atoms with Gasteiger partial charge in [0, 0.05) is 0 Å². The quantitative estimate of drug-likeness (QED) is 0.561. The fraction of sp³-hybridized carbons (Fsp3) is 0.800. The van der Waals surface area contributed by atoms with Crippen LogP contribution in [0.1, 0.15) is 14.9 Å². The minimum Gasteiger partial charge on any atom is -0.480 e. The Balaban J connectivity index is -0.000000125. The van der Waals surface area contributed by atoms with Crippen molar-refractivity contribution in [2.75, 3.05) is 13.6 Å². The highest BCUT2D eigenvalue weighted by atomic mass is 16.4. The molecule has 0 radical (unpaired) electrons. The zero-order valence-electron chi connectivity index (χ0n) is 3.56. The van der Waals surface area contributed by atoms with Gasteiger partial charge in [0.05, 0.1) is 6.54 Å². The molecule has 0 saturated heterocycles. The second kappa shape index (κ2) is 9.66. The predicted molar refractivity (Wildman–Crippen MR) is 35.0 cm³/mol. The van der Waals surface area contributed by atoms with Crippen LogP contribution in [0.15, 0.2) is 0 Å². The molecule has 0 bridgehead atoms. The average Bonchev–Trinajstić information content (AvgIpc) is 1.35. The number of nitrogens with one attached hydrogen (secondary N) is 1. The molecule has 0 spiro atoms. The molecule has 0 aromatic heterocycles. The molecule has 0 heterocycles. The minimum absolute atomic E-state index is 0. The third kappa shape index (κ3) is 18.0. The Bertz CT molecular complexity index is 54.4. The van der Waals surface area contributed by atoms with Crippen LogP contribution < -0.4 is 5.32 Å². The highest BCUT2D eigenvalue weighted by molar-refractivity contribution is 5.68. The monoisotopic (exact) mass is 121 g/mol. The number of aliphatic carboxylic acids is 1. The zero-order valence-corrected chi connectivity index (χ0v) is 3.56. The maximum Gasteiger partial charge on any atom is 0.317 e. The second-order valence-electron chi connectivity index (χ2n) is 0.924. The molecular weight excluding hydrogens is 106 g/mol. The molecule has 0 rings (SSSR count). The Morgan fingerprint density at radius 1 is 1.62 bits per heavy atom. The van der Waals surface area contributed by atoms with Crippen molar-refractivity contribution in [3.05, 3.63) is 0 Å². The van der Waals surface area contributed by atoms with Gasteiger partial charge in [-0.1, -0.05) is 14.9 Å². The van der Waals surface area contributed by atoms with E-state index in [1.165, 1.54) is 0 Å². The number of rotatable bonds is 2. The summed E-state index contributed by atoms with van der Waals surface area (Å²) in [7, 11) is 1.59. The van der Waals surface area contributed by atoms with Gasteiger partial charge in [0.2, 0.25) is 0 Å². The molecule has 0 saturated carbocycles. The van der Waals surface area contributed by atoms with Crippen molar-refractivity contribution in [1.82, 2.24) is 5.32 Å². The number of likely N-dealkylation sites (N-methyl/N-ethyl adjacent to an activating group) is 1. The van der Waals surface area contributed by atoms with Gasteiger partial charge in [0.1, 0.15) is 0 Å². The lowest BCUT2D eigenvalue weighted by molar-refractivity contribution is -0.135. The van der Waals surface area contributed by atoms with Gasteiger partial charge in [0.25, 0.3) is 0 Å². The first-order valence-corrected chi connectivity index (χ1v) is 1.63. The molecule has 0 unspecified atom stereocenters. The molecule has 8 heavy (non-hydrogen) atoms. The van der Waals surface area contributed by atoms with Gasteiger partial charge in [-0.25, -0.2) is 0 Å². The largest absolute Gasteiger partial charge is 0.480 e. The number of carboxylic acids is 1. The van der Waals surface area contributed by atoms with E-state index in [1.54, 1.807) is 7.05 Å². The summed E-state index contributed by atoms with van der Waals surface area (Å²) in [5.41, 5.74) is 0. The summed E-state index contributed by atoms with van der Waals surface area (Å²) in [5.74, 6) is -0.822. The van der Waals surface area contributed by atoms with Crippen molar-refractivity contribution in [3.63, 3.8) is 0 Å². The smallest absolute Gasteiger partial charge is 0.317 e. The molecule has 3 nitrogen and oxygen atoms in total. The molecular formula is C5H15NO2. The summed E-state index contributed by atoms with van der Waals surface area (Å²) in [6.45, 7) is 0.0417. The molecule has 0 aliphatic heterocycles. The van der Waals surface area contributed by atoms with Crippen LogP contribution in [0.4, 0.5) is 0 Å². The van der Waals surface area contributed by atoms with Crippen LogP contribution >= 0.6 is 0 Å². The normalized spacial score (nSPS) is 6.12. The van der Waals surface area contributed by atoms with Gasteiger partial charge in [-0.15, -0.1) is 0 Å². The lowest BCUT2D eigenvalue weighted by Crippen LogP contribution is -2.16. The molecule has 0 fully saturated rings. The molecule has 0 amide bonds. The van der Waals surface area contributed by atoms with E-state index < -0.39 is 5.97 Å². The molecule has 2 N–H and O–H groups in total. The Hall–Kier alpha value is -0.570. The van der Waals surface area contributed by atoms with Crippen LogP contribution in [-0.2, 0) is 4.79 Å². The predicted octanol–water partition coefficient (Wildman–Crippen LogP) is 0.563. The van der Waals surface area contributed by atoms with Crippen molar-refractivity contribution < 1.29 is 9.90 Å². The number of carbonyl (C=O) groups is 1. The fourth-order valence-corrected chi connectivity index (χ4v) is 0.151. The molecule has 0 aliphatic rings. The molecule has 0 aromatic carbocycles. The van der Waals surface area contributed by atoms with Gasteiger partial charge in [-0.3, -0.25) is 4.79 Å². The zero-order chi connectivity index (χ0) is 4.99. The van der Waals surface area contributed by atoms with E-state index in [0.717, 1.165) is 0 Å². The maximum atomic E-state index is 9.54. The maximum absolute atomic E-state index is 9.54. The number of carboxylic acid groups (broad SMARTS) is 1. The van der Waals surface area contributed by atoms with Crippen LogP contribution in [0, 0.1) is 0 Å². The minimum atomic E-state index is -0.822. The van der Waals surface area contributed by atoms with E-state index >= 15 is 0 Å². The fourth-order valence-electron chi connectivity index (χ4n) is 0.151. The van der Waals surface area contributed by atoms with Gasteiger partial charge < -0.3 is 10.4 Å². The van der Waals surface area contributed by atoms with Crippen LogP contribution in [0.2, 0.25) is 0 Å². The van der Waals surface area contributed by atoms with Gasteiger partial charge in [-0.2, -0.15) is 0 Å². The Labute approximate surface area is 50.7 Å². The van der Waals surface area contributed by atoms with Gasteiger partial charge >= 0.3 is 5.97 Å². The first-order chi connectivity index (χ1) is 2.77. The van der Waals surface area contributed by atoms with Crippen LogP contribution in [-0.4, -0.2) is 24.7 Å². The van der Waals surface area contributed by atoms with Crippen molar-refractivity contribution in [3.8, 4) is 0 Å². The third-order valence-corrected chi connectivity index (χ3v) is 0.328. The average molecular weight is 121 g/mol. The van der Waals surface area contributed by atoms with Crippen molar-refractivity contribution in [2.45, 2.75) is 14.9 Å². The summed E-state index contributed by atoms with van der Waals surface area (Å²) in [5, 5.41) is 10.3. The Morgan fingerprint density at radius 3 is 2.00 bits per heavy atom. The first-order valence-electron chi connectivity index (χ1n) is 1.63. The highest BCUT2D eigenvalue weighted by Crippen LogP contribution is 1.50. The van der Waals surface area contributed by atoms with Crippen molar-refractivity contribution >= 4 is 5.97 Å². The number of hydrogen-bond donors (Lipinski definition) is 2. The van der Waals surface area contributed by atoms with E-state index in [9.17, 15) is 4.79 Å². The second-order valence-corrected chi connectivity index (χ2v) is 0.924. The topological polar surface area (TPSA) is 49.3 Å². The van der Waals surface area contributed by atoms with E-state index in [1.807, 2.05) is 0 Å². The van der Waals surface area contributed by atoms with E-state index in [-0.39, 0.29) is 21.4 Å². The highest BCUT2D eigenvalue weighted by Gasteiger charge is 1.86. The molecule has 0 aliphatic carbocycles. The molecule has 0 atom stereocenters. The first kappa shape index (κ1) is 15.7. The summed E-state index contributed by atoms with van der Waals surface area (Å²) in [4.78, 5) is 9.54. The Kier molecular flexibility index (Phi) is 18.9. The standard InChI is InChI=1S/C3H7NO2.2CH4/c1-4-2-3(5)6;;/h4H,2H2,1H3,(H,5,6);2*1H4. The lowest BCUT2D eigenvalue weighted by atomic mass is 10.7. The van der Waals surface area contributed by atoms with Crippen LogP contribution in [0.3, 0.4) is 0 Å². The summed E-state index contributed by atoms with van der Waals surface area (Å²) in [6, 6.07) is 0. The number of hydrogen-bond acceptors (Lipinski definition) is 2. The molecule has 0 aromatic rings. The van der Waals surface area contributed by atoms with Gasteiger partial charge in [-0.05, 0) is 7.05 Å². The summed E-state index contributed by atoms with van der Waals surface area (Å²) in [6.07, 6.45) is 0. The van der Waals surface area contributed by atoms with E-state index in [2.05, 4.69) is 5.32 Å². The summed E-state index contributed by atoms with van der Waals surface area (Å²) < 4.78 is 0. The van der Waals surface area contributed by atoms with Gasteiger partial charge in [0.15, 0.2) is 0 Å². The van der Waals surface area contributed by atoms with Crippen molar-refractivity contribution in [2.24, 2.45) is 0 Å². The molecule has 3 heteroatoms. The molecule has 52 valence electrons. The van der Waals surface area contributed by atoms with Crippen LogP contribution in [0.25, 0.3) is 0 Å². The SMILES string of the molecule is C.C.CNCC(=O)O. The third-order valence-electron chi connectivity index (χ3n) is 0.328. The summed E-state index contributed by atoms with van der Waals surface area (Å²) >= 11 is 0. The lowest BCUT2D eigenvalue weighted by Gasteiger charge is -1.84. The van der Waals surface area contributed by atoms with Crippen LogP contribution in [0.5, 0.6) is 0 Å². The van der Waals surface area contributed by atoms with E-state index in [4.69, 9.17) is 5.11 Å². The Morgan fingerprint density at radius 2 is 2.00 bits per heavy atom. The van der Waals surface area contributed by atoms with Crippen molar-refractivity contribution in [1.29, 1.82) is 0 Å².